The second-order valence-corrected chi connectivity index (χ2v) is 12.3. The molecule has 0 bridgehead atoms. The minimum atomic E-state index is -4.20. The van der Waals surface area contributed by atoms with Crippen LogP contribution in [-0.2, 0) is 26.2 Å². The Morgan fingerprint density at radius 2 is 1.65 bits per heavy atom. The quantitative estimate of drug-likeness (QED) is 0.300. The predicted molar refractivity (Wildman–Crippen MR) is 156 cm³/mol. The Hall–Kier alpha value is -3.43. The normalized spacial score (nSPS) is 12.2. The first-order valence-corrected chi connectivity index (χ1v) is 14.9. The van der Waals surface area contributed by atoms with E-state index in [1.165, 1.54) is 47.4 Å². The SMILES string of the molecule is CC[C@H](C(=O)NCC(C)C)N(Cc1ccc(F)cc1)C(=O)CN(c1cc(Cl)ccc1C)S(=O)(=O)c1ccccc1. The summed E-state index contributed by atoms with van der Waals surface area (Å²) in [5.74, 6) is -1.17. The molecule has 10 heteroatoms. The molecule has 0 radical (unpaired) electrons. The highest BCUT2D eigenvalue weighted by molar-refractivity contribution is 7.92. The fraction of sp³-hybridized carbons (Fsp3) is 0.333. The number of nitrogens with zero attached hydrogens (tertiary/aromatic N) is 2. The lowest BCUT2D eigenvalue weighted by atomic mass is 10.1. The van der Waals surface area contributed by atoms with Gasteiger partial charge < -0.3 is 10.2 Å². The van der Waals surface area contributed by atoms with Crippen molar-refractivity contribution in [3.63, 3.8) is 0 Å². The summed E-state index contributed by atoms with van der Waals surface area (Å²) in [6, 6.07) is 17.4. The van der Waals surface area contributed by atoms with Gasteiger partial charge in [0, 0.05) is 18.1 Å². The van der Waals surface area contributed by atoms with Crippen LogP contribution in [0.15, 0.2) is 77.7 Å². The van der Waals surface area contributed by atoms with Crippen molar-refractivity contribution in [3.05, 3.63) is 94.8 Å². The molecule has 0 unspecified atom stereocenters. The first kappa shape index (κ1) is 31.1. The molecule has 3 aromatic rings. The summed E-state index contributed by atoms with van der Waals surface area (Å²) in [7, 11) is -4.20. The van der Waals surface area contributed by atoms with E-state index in [0.717, 1.165) is 4.31 Å². The van der Waals surface area contributed by atoms with Crippen LogP contribution in [0.4, 0.5) is 10.1 Å². The number of nitrogens with one attached hydrogen (secondary N) is 1. The first-order valence-electron chi connectivity index (χ1n) is 13.1. The summed E-state index contributed by atoms with van der Waals surface area (Å²) in [4.78, 5) is 28.6. The van der Waals surface area contributed by atoms with Crippen LogP contribution in [0, 0.1) is 18.7 Å². The van der Waals surface area contributed by atoms with Gasteiger partial charge in [0.1, 0.15) is 18.4 Å². The van der Waals surface area contributed by atoms with E-state index in [9.17, 15) is 22.4 Å². The van der Waals surface area contributed by atoms with Crippen LogP contribution in [0.25, 0.3) is 0 Å². The Morgan fingerprint density at radius 1 is 1.00 bits per heavy atom. The second-order valence-electron chi connectivity index (χ2n) is 9.97. The van der Waals surface area contributed by atoms with Gasteiger partial charge in [0.2, 0.25) is 11.8 Å². The molecule has 2 amide bonds. The molecule has 0 aliphatic carbocycles. The number of carbonyl (C=O) groups excluding carboxylic acids is 2. The molecular formula is C30H35ClFN3O4S. The number of carbonyl (C=O) groups is 2. The van der Waals surface area contributed by atoms with Crippen LogP contribution in [0.5, 0.6) is 0 Å². The van der Waals surface area contributed by atoms with Crippen LogP contribution >= 0.6 is 11.6 Å². The van der Waals surface area contributed by atoms with Crippen molar-refractivity contribution >= 4 is 39.1 Å². The van der Waals surface area contributed by atoms with E-state index in [4.69, 9.17) is 11.6 Å². The van der Waals surface area contributed by atoms with Crippen molar-refractivity contribution in [1.82, 2.24) is 10.2 Å². The number of amides is 2. The van der Waals surface area contributed by atoms with Gasteiger partial charge in [-0.15, -0.1) is 0 Å². The van der Waals surface area contributed by atoms with Crippen LogP contribution in [0.1, 0.15) is 38.3 Å². The highest BCUT2D eigenvalue weighted by Gasteiger charge is 2.34. The molecule has 0 fully saturated rings. The van der Waals surface area contributed by atoms with E-state index >= 15 is 0 Å². The van der Waals surface area contributed by atoms with Crippen molar-refractivity contribution in [2.75, 3.05) is 17.4 Å². The maximum absolute atomic E-state index is 14.0. The second kappa shape index (κ2) is 13.8. The third-order valence-electron chi connectivity index (χ3n) is 6.39. The molecule has 0 aliphatic heterocycles. The molecule has 3 aromatic carbocycles. The molecule has 1 atom stereocenters. The number of benzene rings is 3. The standard InChI is InChI=1S/C30H35ClFN3O4S/c1-5-27(30(37)33-18-21(2)3)34(19-23-12-15-25(32)16-13-23)29(36)20-35(28-17-24(31)14-11-22(28)4)40(38,39)26-9-7-6-8-10-26/h6-17,21,27H,5,18-20H2,1-4H3,(H,33,37)/t27-/m1/s1. The average Bonchev–Trinajstić information content (AvgIpc) is 2.93. The molecule has 3 rings (SSSR count). The summed E-state index contributed by atoms with van der Waals surface area (Å²) in [6.45, 7) is 7.26. The van der Waals surface area contributed by atoms with Gasteiger partial charge in [0.05, 0.1) is 10.6 Å². The summed E-state index contributed by atoms with van der Waals surface area (Å²) in [6.07, 6.45) is 0.290. The maximum Gasteiger partial charge on any atom is 0.264 e. The number of rotatable bonds is 12. The average molecular weight is 588 g/mol. The van der Waals surface area contributed by atoms with E-state index in [1.54, 1.807) is 44.2 Å². The Balaban J connectivity index is 2.07. The zero-order valence-electron chi connectivity index (χ0n) is 23.1. The van der Waals surface area contributed by atoms with Gasteiger partial charge >= 0.3 is 0 Å². The number of halogens is 2. The van der Waals surface area contributed by atoms with Gasteiger partial charge in [-0.3, -0.25) is 13.9 Å². The third-order valence-corrected chi connectivity index (χ3v) is 8.40. The topological polar surface area (TPSA) is 86.8 Å². The first-order chi connectivity index (χ1) is 18.9. The van der Waals surface area contributed by atoms with Crippen LogP contribution in [-0.4, -0.2) is 44.3 Å². The monoisotopic (exact) mass is 587 g/mol. The molecule has 7 nitrogen and oxygen atoms in total. The Morgan fingerprint density at radius 3 is 2.25 bits per heavy atom. The number of sulfonamides is 1. The highest BCUT2D eigenvalue weighted by Crippen LogP contribution is 2.30. The van der Waals surface area contributed by atoms with Gasteiger partial charge in [-0.05, 0) is 66.8 Å². The summed E-state index contributed by atoms with van der Waals surface area (Å²) < 4.78 is 42.4. The lowest BCUT2D eigenvalue weighted by molar-refractivity contribution is -0.140. The van der Waals surface area contributed by atoms with Gasteiger partial charge in [-0.1, -0.05) is 68.8 Å². The molecule has 0 aliphatic rings. The molecule has 0 aromatic heterocycles. The largest absolute Gasteiger partial charge is 0.354 e. The van der Waals surface area contributed by atoms with Gasteiger partial charge in [0.25, 0.3) is 10.0 Å². The molecule has 40 heavy (non-hydrogen) atoms. The van der Waals surface area contributed by atoms with Crippen LogP contribution in [0.3, 0.4) is 0 Å². The minimum absolute atomic E-state index is 0.00831. The minimum Gasteiger partial charge on any atom is -0.354 e. The summed E-state index contributed by atoms with van der Waals surface area (Å²) >= 11 is 6.25. The van der Waals surface area contributed by atoms with Crippen molar-refractivity contribution in [1.29, 1.82) is 0 Å². The Labute approximate surface area is 241 Å². The Bertz CT molecular complexity index is 1420. The van der Waals surface area contributed by atoms with Crippen molar-refractivity contribution in [2.45, 2.75) is 51.6 Å². The van der Waals surface area contributed by atoms with Gasteiger partial charge in [0.15, 0.2) is 0 Å². The number of hydrogen-bond donors (Lipinski definition) is 1. The van der Waals surface area contributed by atoms with E-state index < -0.39 is 34.3 Å². The summed E-state index contributed by atoms with van der Waals surface area (Å²) in [5.41, 5.74) is 1.45. The molecule has 0 saturated carbocycles. The molecule has 0 saturated heterocycles. The van der Waals surface area contributed by atoms with Crippen LogP contribution in [0.2, 0.25) is 5.02 Å². The third kappa shape index (κ3) is 7.82. The highest BCUT2D eigenvalue weighted by atomic mass is 35.5. The fourth-order valence-electron chi connectivity index (χ4n) is 4.21. The van der Waals surface area contributed by atoms with E-state index in [1.807, 2.05) is 13.8 Å². The van der Waals surface area contributed by atoms with E-state index in [-0.39, 0.29) is 29.0 Å². The summed E-state index contributed by atoms with van der Waals surface area (Å²) in [5, 5.41) is 3.19. The van der Waals surface area contributed by atoms with E-state index in [2.05, 4.69) is 5.32 Å². The zero-order chi connectivity index (χ0) is 29.4. The number of hydrogen-bond acceptors (Lipinski definition) is 4. The van der Waals surface area contributed by atoms with E-state index in [0.29, 0.717) is 29.1 Å². The van der Waals surface area contributed by atoms with Gasteiger partial charge in [-0.2, -0.15) is 0 Å². The Kier molecular flexibility index (Phi) is 10.7. The molecule has 0 spiro atoms. The van der Waals surface area contributed by atoms with Crippen molar-refractivity contribution in [2.24, 2.45) is 5.92 Å². The maximum atomic E-state index is 14.0. The van der Waals surface area contributed by atoms with Crippen molar-refractivity contribution in [3.8, 4) is 0 Å². The lowest BCUT2D eigenvalue weighted by Crippen LogP contribution is -2.52. The van der Waals surface area contributed by atoms with Gasteiger partial charge in [-0.25, -0.2) is 12.8 Å². The zero-order valence-corrected chi connectivity index (χ0v) is 24.7. The molecule has 214 valence electrons. The number of aryl methyl sites for hydroxylation is 1. The lowest BCUT2D eigenvalue weighted by Gasteiger charge is -2.33. The fourth-order valence-corrected chi connectivity index (χ4v) is 5.87. The smallest absolute Gasteiger partial charge is 0.264 e. The number of anilines is 1. The molecule has 1 N–H and O–H groups in total. The predicted octanol–water partition coefficient (Wildman–Crippen LogP) is 5.56. The molecule has 0 heterocycles. The van der Waals surface area contributed by atoms with Crippen molar-refractivity contribution < 1.29 is 22.4 Å². The van der Waals surface area contributed by atoms with Crippen LogP contribution < -0.4 is 9.62 Å². The molecular weight excluding hydrogens is 553 g/mol.